The van der Waals surface area contributed by atoms with Gasteiger partial charge < -0.3 is 9.63 Å². The van der Waals surface area contributed by atoms with Crippen molar-refractivity contribution in [1.82, 2.24) is 5.16 Å². The minimum atomic E-state index is -0.168. The minimum Gasteiger partial charge on any atom is -0.388 e. The normalized spacial score (nSPS) is 10.6. The molecule has 0 fully saturated rings. The zero-order valence-corrected chi connectivity index (χ0v) is 9.92. The molecule has 0 radical (unpaired) electrons. The molecule has 3 nitrogen and oxygen atoms in total. The van der Waals surface area contributed by atoms with Crippen LogP contribution < -0.4 is 0 Å². The van der Waals surface area contributed by atoms with E-state index in [0.717, 1.165) is 10.0 Å². The van der Waals surface area contributed by atoms with Gasteiger partial charge >= 0.3 is 0 Å². The van der Waals surface area contributed by atoms with E-state index in [4.69, 9.17) is 21.2 Å². The molecule has 0 atom stereocenters. The van der Waals surface area contributed by atoms with Gasteiger partial charge in [-0.25, -0.2) is 0 Å². The van der Waals surface area contributed by atoms with Gasteiger partial charge in [0.25, 0.3) is 0 Å². The molecular weight excluding hydrogens is 281 g/mol. The molecule has 1 heterocycles. The number of hydrogen-bond acceptors (Lipinski definition) is 3. The van der Waals surface area contributed by atoms with E-state index in [1.54, 1.807) is 6.07 Å². The highest BCUT2D eigenvalue weighted by Gasteiger charge is 2.10. The summed E-state index contributed by atoms with van der Waals surface area (Å²) < 4.78 is 5.69. The van der Waals surface area contributed by atoms with E-state index >= 15 is 0 Å². The van der Waals surface area contributed by atoms with E-state index in [9.17, 15) is 0 Å². The van der Waals surface area contributed by atoms with Crippen LogP contribution in [0.25, 0.3) is 11.3 Å². The minimum absolute atomic E-state index is 0.168. The maximum atomic E-state index is 8.85. The van der Waals surface area contributed by atoms with Crippen LogP contribution in [0.5, 0.6) is 0 Å². The summed E-state index contributed by atoms with van der Waals surface area (Å²) in [6.45, 7) is -0.168. The molecule has 0 saturated heterocycles. The SMILES string of the molecule is OCc1cc(-c2cccc(Br)c2Cl)no1. The lowest BCUT2D eigenvalue weighted by Crippen LogP contribution is -1.80. The number of hydrogen-bond donors (Lipinski definition) is 1. The molecule has 5 heteroatoms. The topological polar surface area (TPSA) is 46.3 Å². The van der Waals surface area contributed by atoms with Gasteiger partial charge in [-0.1, -0.05) is 28.9 Å². The van der Waals surface area contributed by atoms with E-state index < -0.39 is 0 Å². The molecule has 1 aromatic heterocycles. The van der Waals surface area contributed by atoms with Gasteiger partial charge in [0.05, 0.1) is 5.02 Å². The summed E-state index contributed by atoms with van der Waals surface area (Å²) in [4.78, 5) is 0. The number of aliphatic hydroxyl groups is 1. The molecule has 0 aliphatic heterocycles. The standard InChI is InChI=1S/C10H7BrClNO2/c11-8-3-1-2-7(10(8)12)9-4-6(5-14)15-13-9/h1-4,14H,5H2. The summed E-state index contributed by atoms with van der Waals surface area (Å²) in [5.74, 6) is 0.418. The Bertz CT molecular complexity index is 484. The van der Waals surface area contributed by atoms with Crippen LogP contribution in [0.2, 0.25) is 5.02 Å². The van der Waals surface area contributed by atoms with Crippen LogP contribution in [-0.4, -0.2) is 10.3 Å². The van der Waals surface area contributed by atoms with Crippen LogP contribution >= 0.6 is 27.5 Å². The Morgan fingerprint density at radius 3 is 2.93 bits per heavy atom. The van der Waals surface area contributed by atoms with E-state index in [1.165, 1.54) is 0 Å². The number of nitrogens with zero attached hydrogens (tertiary/aromatic N) is 1. The highest BCUT2D eigenvalue weighted by molar-refractivity contribution is 9.10. The third-order valence-electron chi connectivity index (χ3n) is 1.94. The van der Waals surface area contributed by atoms with E-state index in [1.807, 2.05) is 18.2 Å². The Morgan fingerprint density at radius 1 is 1.47 bits per heavy atom. The summed E-state index contributed by atoms with van der Waals surface area (Å²) in [5.41, 5.74) is 1.39. The number of rotatable bonds is 2. The monoisotopic (exact) mass is 287 g/mol. The van der Waals surface area contributed by atoms with E-state index in [-0.39, 0.29) is 6.61 Å². The summed E-state index contributed by atoms with van der Waals surface area (Å²) in [5, 5.41) is 13.2. The third kappa shape index (κ3) is 2.07. The van der Waals surface area contributed by atoms with Gasteiger partial charge in [0, 0.05) is 16.1 Å². The maximum absolute atomic E-state index is 8.85. The Morgan fingerprint density at radius 2 is 2.27 bits per heavy atom. The van der Waals surface area contributed by atoms with Crippen molar-refractivity contribution < 1.29 is 9.63 Å². The first-order chi connectivity index (χ1) is 7.22. The second-order valence-electron chi connectivity index (χ2n) is 2.94. The smallest absolute Gasteiger partial charge is 0.162 e. The second kappa shape index (κ2) is 4.35. The summed E-state index contributed by atoms with van der Waals surface area (Å²) in [6.07, 6.45) is 0. The Hall–Kier alpha value is -0.840. The fraction of sp³-hybridized carbons (Fsp3) is 0.100. The second-order valence-corrected chi connectivity index (χ2v) is 4.17. The quantitative estimate of drug-likeness (QED) is 0.922. The van der Waals surface area contributed by atoms with Crippen molar-refractivity contribution in [3.8, 4) is 11.3 Å². The predicted molar refractivity (Wildman–Crippen MR) is 60.6 cm³/mol. The zero-order valence-electron chi connectivity index (χ0n) is 7.58. The van der Waals surface area contributed by atoms with Crippen LogP contribution in [0, 0.1) is 0 Å². The Kier molecular flexibility index (Phi) is 3.09. The predicted octanol–water partition coefficient (Wildman–Crippen LogP) is 3.25. The average molecular weight is 289 g/mol. The van der Waals surface area contributed by atoms with Crippen molar-refractivity contribution in [2.75, 3.05) is 0 Å². The lowest BCUT2D eigenvalue weighted by atomic mass is 10.1. The van der Waals surface area contributed by atoms with Crippen molar-refractivity contribution in [1.29, 1.82) is 0 Å². The molecule has 0 saturated carbocycles. The fourth-order valence-corrected chi connectivity index (χ4v) is 1.81. The van der Waals surface area contributed by atoms with E-state index in [0.29, 0.717) is 16.5 Å². The molecule has 1 N–H and O–H groups in total. The first kappa shape index (κ1) is 10.7. The first-order valence-corrected chi connectivity index (χ1v) is 5.40. The van der Waals surface area contributed by atoms with Crippen molar-refractivity contribution in [3.63, 3.8) is 0 Å². The van der Waals surface area contributed by atoms with Crippen LogP contribution in [0.15, 0.2) is 33.3 Å². The molecule has 0 amide bonds. The first-order valence-electron chi connectivity index (χ1n) is 4.23. The van der Waals surface area contributed by atoms with Crippen molar-refractivity contribution in [2.24, 2.45) is 0 Å². The van der Waals surface area contributed by atoms with Crippen LogP contribution in [0.1, 0.15) is 5.76 Å². The number of aliphatic hydroxyl groups excluding tert-OH is 1. The van der Waals surface area contributed by atoms with Crippen LogP contribution in [-0.2, 0) is 6.61 Å². The van der Waals surface area contributed by atoms with Gasteiger partial charge in [-0.15, -0.1) is 0 Å². The molecule has 0 spiro atoms. The molecule has 2 aromatic rings. The fourth-order valence-electron chi connectivity index (χ4n) is 1.22. The lowest BCUT2D eigenvalue weighted by molar-refractivity contribution is 0.229. The molecular formula is C10H7BrClNO2. The Balaban J connectivity index is 2.49. The van der Waals surface area contributed by atoms with Crippen LogP contribution in [0.3, 0.4) is 0 Å². The molecule has 15 heavy (non-hydrogen) atoms. The molecule has 0 aliphatic rings. The van der Waals surface area contributed by atoms with E-state index in [2.05, 4.69) is 21.1 Å². The number of halogens is 2. The van der Waals surface area contributed by atoms with Gasteiger partial charge in [-0.05, 0) is 22.0 Å². The number of benzene rings is 1. The molecule has 78 valence electrons. The summed E-state index contributed by atoms with van der Waals surface area (Å²) in [6, 6.07) is 7.21. The molecule has 2 rings (SSSR count). The number of aromatic nitrogens is 1. The van der Waals surface area contributed by atoms with Crippen molar-refractivity contribution in [2.45, 2.75) is 6.61 Å². The Labute approximate surface area is 99.8 Å². The van der Waals surface area contributed by atoms with Gasteiger partial charge in [0.2, 0.25) is 0 Å². The molecule has 0 unspecified atom stereocenters. The summed E-state index contributed by atoms with van der Waals surface area (Å²) >= 11 is 9.42. The highest BCUT2D eigenvalue weighted by Crippen LogP contribution is 2.33. The average Bonchev–Trinajstić information content (AvgIpc) is 2.70. The van der Waals surface area contributed by atoms with Crippen molar-refractivity contribution in [3.05, 3.63) is 39.5 Å². The van der Waals surface area contributed by atoms with Gasteiger partial charge in [0.1, 0.15) is 12.3 Å². The maximum Gasteiger partial charge on any atom is 0.162 e. The molecule has 0 bridgehead atoms. The van der Waals surface area contributed by atoms with Crippen LogP contribution in [0.4, 0.5) is 0 Å². The van der Waals surface area contributed by atoms with Gasteiger partial charge in [0.15, 0.2) is 5.76 Å². The lowest BCUT2D eigenvalue weighted by Gasteiger charge is -2.00. The van der Waals surface area contributed by atoms with Gasteiger partial charge in [-0.2, -0.15) is 0 Å². The largest absolute Gasteiger partial charge is 0.388 e. The molecule has 1 aromatic carbocycles. The molecule has 0 aliphatic carbocycles. The van der Waals surface area contributed by atoms with Crippen molar-refractivity contribution >= 4 is 27.5 Å². The van der Waals surface area contributed by atoms with Gasteiger partial charge in [-0.3, -0.25) is 0 Å². The highest BCUT2D eigenvalue weighted by atomic mass is 79.9. The third-order valence-corrected chi connectivity index (χ3v) is 3.24. The zero-order chi connectivity index (χ0) is 10.8. The summed E-state index contributed by atoms with van der Waals surface area (Å²) in [7, 11) is 0.